The first-order valence-corrected chi connectivity index (χ1v) is 5.16. The van der Waals surface area contributed by atoms with Crippen LogP contribution in [0.2, 0.25) is 0 Å². The molecule has 0 aromatic heterocycles. The molecule has 0 aromatic rings. The lowest BCUT2D eigenvalue weighted by atomic mass is 9.86. The molecule has 1 aliphatic rings. The van der Waals surface area contributed by atoms with Gasteiger partial charge in [0.15, 0.2) is 0 Å². The summed E-state index contributed by atoms with van der Waals surface area (Å²) >= 11 is 0. The number of hydrogen-bond donors (Lipinski definition) is 0. The van der Waals surface area contributed by atoms with E-state index in [2.05, 4.69) is 39.5 Å². The van der Waals surface area contributed by atoms with E-state index in [4.69, 9.17) is 0 Å². The smallest absolute Gasteiger partial charge is 0.0125 e. The van der Waals surface area contributed by atoms with Gasteiger partial charge in [0, 0.05) is 12.1 Å². The van der Waals surface area contributed by atoms with Gasteiger partial charge in [-0.25, -0.2) is 0 Å². The number of likely N-dealkylation sites (tertiary alicyclic amines) is 1. The summed E-state index contributed by atoms with van der Waals surface area (Å²) < 4.78 is 0. The Balaban J connectivity index is 2.51. The van der Waals surface area contributed by atoms with E-state index in [9.17, 15) is 0 Å². The van der Waals surface area contributed by atoms with Crippen molar-refractivity contribution in [1.82, 2.24) is 4.90 Å². The van der Waals surface area contributed by atoms with Crippen LogP contribution in [0.4, 0.5) is 0 Å². The van der Waals surface area contributed by atoms with Gasteiger partial charge >= 0.3 is 0 Å². The van der Waals surface area contributed by atoms with Gasteiger partial charge in [0.05, 0.1) is 0 Å². The minimum absolute atomic E-state index is 0.369. The minimum atomic E-state index is 0.369. The summed E-state index contributed by atoms with van der Waals surface area (Å²) in [5, 5.41) is 0. The summed E-state index contributed by atoms with van der Waals surface area (Å²) in [5.74, 6) is 1.79. The fraction of sp³-hybridized carbons (Fsp3) is 1.00. The average Bonchev–Trinajstić information content (AvgIpc) is 1.92. The lowest BCUT2D eigenvalue weighted by molar-refractivity contribution is 0.0584. The molecule has 1 fully saturated rings. The predicted molar refractivity (Wildman–Crippen MR) is 54.3 cm³/mol. The maximum atomic E-state index is 2.61. The van der Waals surface area contributed by atoms with Gasteiger partial charge in [0.25, 0.3) is 0 Å². The average molecular weight is 169 g/mol. The lowest BCUT2D eigenvalue weighted by Gasteiger charge is -2.43. The first kappa shape index (κ1) is 10.0. The second-order valence-corrected chi connectivity index (χ2v) is 5.36. The van der Waals surface area contributed by atoms with E-state index in [-0.39, 0.29) is 0 Å². The van der Waals surface area contributed by atoms with Crippen molar-refractivity contribution in [3.8, 4) is 0 Å². The van der Waals surface area contributed by atoms with E-state index in [0.717, 1.165) is 11.8 Å². The third-order valence-corrected chi connectivity index (χ3v) is 3.28. The normalized spacial score (nSPS) is 33.8. The van der Waals surface area contributed by atoms with Crippen molar-refractivity contribution in [1.29, 1.82) is 0 Å². The van der Waals surface area contributed by atoms with Gasteiger partial charge in [0.2, 0.25) is 0 Å². The molecule has 0 aliphatic carbocycles. The van der Waals surface area contributed by atoms with Crippen LogP contribution in [0.15, 0.2) is 0 Å². The molecule has 0 bridgehead atoms. The largest absolute Gasteiger partial charge is 0.298 e. The molecule has 12 heavy (non-hydrogen) atoms. The number of nitrogens with zero attached hydrogens (tertiary/aromatic N) is 1. The molecule has 1 saturated heterocycles. The van der Waals surface area contributed by atoms with E-state index in [1.165, 1.54) is 19.5 Å². The molecule has 1 nitrogen and oxygen atoms in total. The van der Waals surface area contributed by atoms with Crippen LogP contribution in [0.25, 0.3) is 0 Å². The molecule has 0 spiro atoms. The SMILES string of the molecule is C[C@@H]1CCN(C(C)(C)C)C[C@H]1C. The highest BCUT2D eigenvalue weighted by molar-refractivity contribution is 4.83. The molecule has 0 unspecified atom stereocenters. The summed E-state index contributed by atoms with van der Waals surface area (Å²) in [6.07, 6.45) is 1.37. The molecule has 72 valence electrons. The third-order valence-electron chi connectivity index (χ3n) is 3.28. The van der Waals surface area contributed by atoms with E-state index in [0.29, 0.717) is 5.54 Å². The van der Waals surface area contributed by atoms with Gasteiger partial charge < -0.3 is 0 Å². The third kappa shape index (κ3) is 2.22. The van der Waals surface area contributed by atoms with Gasteiger partial charge in [-0.2, -0.15) is 0 Å². The highest BCUT2D eigenvalue weighted by Gasteiger charge is 2.29. The molecule has 1 heteroatoms. The van der Waals surface area contributed by atoms with Crippen molar-refractivity contribution < 1.29 is 0 Å². The molecule has 1 rings (SSSR count). The monoisotopic (exact) mass is 169 g/mol. The minimum Gasteiger partial charge on any atom is -0.298 e. The molecule has 2 atom stereocenters. The van der Waals surface area contributed by atoms with E-state index >= 15 is 0 Å². The molecule has 1 aliphatic heterocycles. The zero-order valence-corrected chi connectivity index (χ0v) is 9.22. The van der Waals surface area contributed by atoms with Crippen molar-refractivity contribution in [2.45, 2.75) is 46.6 Å². The Hall–Kier alpha value is -0.0400. The zero-order valence-electron chi connectivity index (χ0n) is 9.22. The molecular formula is C11H23N. The maximum absolute atomic E-state index is 2.61. The summed E-state index contributed by atoms with van der Waals surface area (Å²) in [5.41, 5.74) is 0.369. The second kappa shape index (κ2) is 3.37. The summed E-state index contributed by atoms with van der Waals surface area (Å²) in [4.78, 5) is 2.61. The molecule has 0 saturated carbocycles. The van der Waals surface area contributed by atoms with Crippen LogP contribution in [-0.2, 0) is 0 Å². The molecular weight excluding hydrogens is 146 g/mol. The summed E-state index contributed by atoms with van der Waals surface area (Å²) in [6.45, 7) is 14.3. The van der Waals surface area contributed by atoms with Crippen molar-refractivity contribution in [3.05, 3.63) is 0 Å². The van der Waals surface area contributed by atoms with Crippen molar-refractivity contribution >= 4 is 0 Å². The van der Waals surface area contributed by atoms with Crippen molar-refractivity contribution in [2.75, 3.05) is 13.1 Å². The first-order valence-electron chi connectivity index (χ1n) is 5.16. The van der Waals surface area contributed by atoms with Crippen LogP contribution in [0.1, 0.15) is 41.0 Å². The molecule has 0 N–H and O–H groups in total. The predicted octanol–water partition coefficient (Wildman–Crippen LogP) is 2.76. The van der Waals surface area contributed by atoms with Crippen LogP contribution in [-0.4, -0.2) is 23.5 Å². The van der Waals surface area contributed by atoms with Gasteiger partial charge in [-0.1, -0.05) is 13.8 Å². The Morgan fingerprint density at radius 1 is 1.08 bits per heavy atom. The van der Waals surface area contributed by atoms with Crippen LogP contribution >= 0.6 is 0 Å². The van der Waals surface area contributed by atoms with E-state index < -0.39 is 0 Å². The quantitative estimate of drug-likeness (QED) is 0.539. The fourth-order valence-electron chi connectivity index (χ4n) is 1.87. The van der Waals surface area contributed by atoms with E-state index in [1.54, 1.807) is 0 Å². The molecule has 0 amide bonds. The summed E-state index contributed by atoms with van der Waals surface area (Å²) in [7, 11) is 0. The highest BCUT2D eigenvalue weighted by Crippen LogP contribution is 2.27. The number of piperidine rings is 1. The van der Waals surface area contributed by atoms with Gasteiger partial charge in [-0.3, -0.25) is 4.90 Å². The van der Waals surface area contributed by atoms with E-state index in [1.807, 2.05) is 0 Å². The Bertz CT molecular complexity index is 146. The molecule has 1 heterocycles. The van der Waals surface area contributed by atoms with Crippen molar-refractivity contribution in [3.63, 3.8) is 0 Å². The van der Waals surface area contributed by atoms with Gasteiger partial charge in [-0.05, 0) is 45.6 Å². The molecule has 0 radical (unpaired) electrons. The Kier molecular flexibility index (Phi) is 2.82. The highest BCUT2D eigenvalue weighted by atomic mass is 15.2. The number of hydrogen-bond acceptors (Lipinski definition) is 1. The Labute approximate surface area is 77.1 Å². The summed E-state index contributed by atoms with van der Waals surface area (Å²) in [6, 6.07) is 0. The second-order valence-electron chi connectivity index (χ2n) is 5.36. The van der Waals surface area contributed by atoms with Gasteiger partial charge in [-0.15, -0.1) is 0 Å². The van der Waals surface area contributed by atoms with Gasteiger partial charge in [0.1, 0.15) is 0 Å². The zero-order chi connectivity index (χ0) is 9.35. The number of rotatable bonds is 0. The maximum Gasteiger partial charge on any atom is 0.0125 e. The molecule has 0 aromatic carbocycles. The van der Waals surface area contributed by atoms with Crippen LogP contribution in [0.5, 0.6) is 0 Å². The standard InChI is InChI=1S/C11H23N/c1-9-6-7-12(8-10(9)2)11(3,4)5/h9-10H,6-8H2,1-5H3/t9-,10-/m1/s1. The van der Waals surface area contributed by atoms with Crippen LogP contribution < -0.4 is 0 Å². The van der Waals surface area contributed by atoms with Crippen molar-refractivity contribution in [2.24, 2.45) is 11.8 Å². The van der Waals surface area contributed by atoms with Crippen LogP contribution in [0, 0.1) is 11.8 Å². The first-order chi connectivity index (χ1) is 5.41. The Morgan fingerprint density at radius 3 is 2.08 bits per heavy atom. The van der Waals surface area contributed by atoms with Crippen LogP contribution in [0.3, 0.4) is 0 Å². The topological polar surface area (TPSA) is 3.24 Å². The fourth-order valence-corrected chi connectivity index (χ4v) is 1.87. The Morgan fingerprint density at radius 2 is 1.67 bits per heavy atom. The lowest BCUT2D eigenvalue weighted by Crippen LogP contribution is -2.48.